The molecule has 1 spiro atoms. The summed E-state index contributed by atoms with van der Waals surface area (Å²) in [4.78, 5) is 46.3. The van der Waals surface area contributed by atoms with Crippen LogP contribution >= 0.6 is 22.9 Å². The highest BCUT2D eigenvalue weighted by Crippen LogP contribution is 2.54. The molecule has 10 heteroatoms. The quantitative estimate of drug-likeness (QED) is 0.278. The lowest BCUT2D eigenvalue weighted by Crippen LogP contribution is -2.53. The van der Waals surface area contributed by atoms with Crippen LogP contribution in [0.25, 0.3) is 11.0 Å². The Morgan fingerprint density at radius 1 is 0.950 bits per heavy atom. The van der Waals surface area contributed by atoms with Crippen LogP contribution in [-0.2, 0) is 16.9 Å². The SMILES string of the molecule is Cc1nnc(N2C(=O)c3oc4cc(C)c(C)cc4c(=O)c3C23C(=O)N(Cc2ccc(Cl)cc2)c2ccccc23)s1. The summed E-state index contributed by atoms with van der Waals surface area (Å²) in [5.74, 6) is -1.22. The molecule has 7 rings (SSSR count). The van der Waals surface area contributed by atoms with Crippen LogP contribution in [0.15, 0.2) is 69.9 Å². The number of benzene rings is 3. The van der Waals surface area contributed by atoms with Crippen molar-refractivity contribution in [3.63, 3.8) is 0 Å². The van der Waals surface area contributed by atoms with Gasteiger partial charge in [-0.15, -0.1) is 10.2 Å². The van der Waals surface area contributed by atoms with Gasteiger partial charge in [0, 0.05) is 10.6 Å². The predicted octanol–water partition coefficient (Wildman–Crippen LogP) is 5.67. The summed E-state index contributed by atoms with van der Waals surface area (Å²) in [6.07, 6.45) is 0. The third-order valence-corrected chi connectivity index (χ3v) is 8.78. The van der Waals surface area contributed by atoms with Crippen LogP contribution in [-0.4, -0.2) is 22.0 Å². The minimum atomic E-state index is -1.81. The molecule has 0 fully saturated rings. The number of carbonyl (C=O) groups excluding carboxylic acids is 2. The lowest BCUT2D eigenvalue weighted by atomic mass is 9.84. The second kappa shape index (κ2) is 8.58. The molecule has 0 saturated heterocycles. The molecule has 2 amide bonds. The summed E-state index contributed by atoms with van der Waals surface area (Å²) in [6, 6.07) is 17.9. The van der Waals surface area contributed by atoms with Crippen molar-refractivity contribution in [2.45, 2.75) is 32.9 Å². The van der Waals surface area contributed by atoms with Crippen molar-refractivity contribution in [1.82, 2.24) is 10.2 Å². The van der Waals surface area contributed by atoms with Crippen LogP contribution in [0.2, 0.25) is 5.02 Å². The monoisotopic (exact) mass is 568 g/mol. The Hall–Kier alpha value is -4.34. The first kappa shape index (κ1) is 24.7. The van der Waals surface area contributed by atoms with E-state index in [9.17, 15) is 14.4 Å². The maximum Gasteiger partial charge on any atom is 0.297 e. The standard InChI is InChI=1S/C30H21ClN4O4S/c1-15-12-20-23(13-16(15)2)39-26-24(25(20)36)30(35(27(26)37)29-33-32-17(3)40-29)21-6-4-5-7-22(21)34(28(30)38)14-18-8-10-19(31)11-9-18/h4-13H,14H2,1-3H3. The topological polar surface area (TPSA) is 96.6 Å². The Kier molecular flexibility index (Phi) is 5.29. The lowest BCUT2D eigenvalue weighted by Gasteiger charge is -2.32. The number of nitrogens with zero attached hydrogens (tertiary/aromatic N) is 4. The minimum Gasteiger partial charge on any atom is -0.450 e. The third kappa shape index (κ3) is 3.22. The molecule has 1 atom stereocenters. The van der Waals surface area contributed by atoms with E-state index >= 15 is 0 Å². The molecule has 0 N–H and O–H groups in total. The van der Waals surface area contributed by atoms with Gasteiger partial charge in [-0.25, -0.2) is 0 Å². The van der Waals surface area contributed by atoms with Gasteiger partial charge >= 0.3 is 0 Å². The van der Waals surface area contributed by atoms with Gasteiger partial charge in [-0.05, 0) is 67.8 Å². The minimum absolute atomic E-state index is 0.00263. The Morgan fingerprint density at radius 2 is 1.68 bits per heavy atom. The predicted molar refractivity (Wildman–Crippen MR) is 153 cm³/mol. The highest BCUT2D eigenvalue weighted by atomic mass is 35.5. The number of halogens is 1. The summed E-state index contributed by atoms with van der Waals surface area (Å²) in [6.45, 7) is 5.79. The molecule has 2 aromatic heterocycles. The van der Waals surface area contributed by atoms with E-state index in [2.05, 4.69) is 10.2 Å². The molecule has 0 radical (unpaired) electrons. The second-order valence-corrected chi connectivity index (χ2v) is 11.7. The molecule has 40 heavy (non-hydrogen) atoms. The third-order valence-electron chi connectivity index (χ3n) is 7.70. The summed E-state index contributed by atoms with van der Waals surface area (Å²) in [7, 11) is 0. The van der Waals surface area contributed by atoms with Crippen molar-refractivity contribution < 1.29 is 14.0 Å². The van der Waals surface area contributed by atoms with Crippen molar-refractivity contribution in [2.24, 2.45) is 0 Å². The van der Waals surface area contributed by atoms with Crippen molar-refractivity contribution in [1.29, 1.82) is 0 Å². The Morgan fingerprint density at radius 3 is 2.40 bits per heavy atom. The molecule has 1 unspecified atom stereocenters. The van der Waals surface area contributed by atoms with Crippen molar-refractivity contribution >= 4 is 56.5 Å². The second-order valence-electron chi connectivity index (χ2n) is 10.1. The Labute approximate surface area is 237 Å². The van der Waals surface area contributed by atoms with E-state index in [0.717, 1.165) is 16.7 Å². The molecular formula is C30H21ClN4O4S. The van der Waals surface area contributed by atoms with Crippen LogP contribution in [0.5, 0.6) is 0 Å². The highest BCUT2D eigenvalue weighted by molar-refractivity contribution is 7.15. The molecule has 0 aliphatic carbocycles. The normalized spacial score (nSPS) is 17.8. The first-order valence-electron chi connectivity index (χ1n) is 12.6. The maximum atomic E-state index is 14.8. The summed E-state index contributed by atoms with van der Waals surface area (Å²) in [5, 5.41) is 10.1. The van der Waals surface area contributed by atoms with E-state index in [1.165, 1.54) is 16.2 Å². The van der Waals surface area contributed by atoms with Gasteiger partial charge in [-0.3, -0.25) is 19.3 Å². The van der Waals surface area contributed by atoms with E-state index in [0.29, 0.717) is 32.3 Å². The lowest BCUT2D eigenvalue weighted by molar-refractivity contribution is -0.121. The van der Waals surface area contributed by atoms with E-state index in [1.807, 2.05) is 38.1 Å². The fourth-order valence-corrected chi connectivity index (χ4v) is 6.59. The molecule has 2 aliphatic heterocycles. The first-order chi connectivity index (χ1) is 19.2. The molecular weight excluding hydrogens is 548 g/mol. The fourth-order valence-electron chi connectivity index (χ4n) is 5.72. The number of aryl methyl sites for hydroxylation is 3. The van der Waals surface area contributed by atoms with Gasteiger partial charge in [0.05, 0.1) is 23.2 Å². The van der Waals surface area contributed by atoms with Crippen LogP contribution in [0.4, 0.5) is 10.8 Å². The van der Waals surface area contributed by atoms with Crippen molar-refractivity contribution in [3.05, 3.63) is 114 Å². The summed E-state index contributed by atoms with van der Waals surface area (Å²) < 4.78 is 6.19. The molecule has 2 aliphatic rings. The Balaban J connectivity index is 1.56. The van der Waals surface area contributed by atoms with Gasteiger partial charge in [-0.2, -0.15) is 0 Å². The van der Waals surface area contributed by atoms with Gasteiger partial charge in [0.25, 0.3) is 11.8 Å². The summed E-state index contributed by atoms with van der Waals surface area (Å²) >= 11 is 7.27. The molecule has 8 nitrogen and oxygen atoms in total. The van der Waals surface area contributed by atoms with E-state index in [4.69, 9.17) is 16.0 Å². The zero-order valence-electron chi connectivity index (χ0n) is 21.7. The molecule has 4 heterocycles. The molecule has 198 valence electrons. The molecule has 0 bridgehead atoms. The number of carbonyl (C=O) groups is 2. The smallest absolute Gasteiger partial charge is 0.297 e. The molecule has 5 aromatic rings. The molecule has 3 aromatic carbocycles. The number of fused-ring (bicyclic) bond motifs is 5. The van der Waals surface area contributed by atoms with Crippen LogP contribution in [0, 0.1) is 20.8 Å². The number of aromatic nitrogens is 2. The number of hydrogen-bond donors (Lipinski definition) is 0. The van der Waals surface area contributed by atoms with Gasteiger partial charge < -0.3 is 9.32 Å². The zero-order chi connectivity index (χ0) is 27.9. The summed E-state index contributed by atoms with van der Waals surface area (Å²) in [5.41, 5.74) is 1.81. The Bertz CT molecular complexity index is 1970. The number of amides is 2. The van der Waals surface area contributed by atoms with Gasteiger partial charge in [-0.1, -0.05) is 53.3 Å². The highest BCUT2D eigenvalue weighted by Gasteiger charge is 2.66. The van der Waals surface area contributed by atoms with Crippen LogP contribution in [0.1, 0.15) is 43.4 Å². The number of rotatable bonds is 3. The number of hydrogen-bond acceptors (Lipinski definition) is 7. The fraction of sp³-hybridized carbons (Fsp3) is 0.167. The van der Waals surface area contributed by atoms with Gasteiger partial charge in [0.15, 0.2) is 11.0 Å². The average Bonchev–Trinajstić information content (AvgIpc) is 3.55. The van der Waals surface area contributed by atoms with E-state index < -0.39 is 22.8 Å². The van der Waals surface area contributed by atoms with E-state index in [1.54, 1.807) is 48.2 Å². The van der Waals surface area contributed by atoms with Crippen molar-refractivity contribution in [2.75, 3.05) is 9.80 Å². The number of anilines is 2. The number of para-hydroxylation sites is 1. The zero-order valence-corrected chi connectivity index (χ0v) is 23.3. The van der Waals surface area contributed by atoms with Crippen molar-refractivity contribution in [3.8, 4) is 0 Å². The van der Waals surface area contributed by atoms with E-state index in [-0.39, 0.29) is 23.0 Å². The van der Waals surface area contributed by atoms with Gasteiger partial charge in [0.2, 0.25) is 10.9 Å². The maximum absolute atomic E-state index is 14.8. The van der Waals surface area contributed by atoms with Crippen LogP contribution in [0.3, 0.4) is 0 Å². The van der Waals surface area contributed by atoms with Crippen LogP contribution < -0.4 is 15.2 Å². The average molecular weight is 569 g/mol. The first-order valence-corrected chi connectivity index (χ1v) is 13.8. The molecule has 0 saturated carbocycles. The van der Waals surface area contributed by atoms with Gasteiger partial charge in [0.1, 0.15) is 10.6 Å². The largest absolute Gasteiger partial charge is 0.450 e.